The molecule has 0 unspecified atom stereocenters. The van der Waals surface area contributed by atoms with Crippen LogP contribution >= 0.6 is 0 Å². The molecule has 3 rings (SSSR count). The SMILES string of the molecule is O=C1CN(Cc2ccccc2F)C(=O)C2(CCCCC2)N1. The van der Waals surface area contributed by atoms with Crippen molar-refractivity contribution in [3.63, 3.8) is 0 Å². The molecule has 1 aliphatic carbocycles. The summed E-state index contributed by atoms with van der Waals surface area (Å²) in [6.45, 7) is 0.162. The fraction of sp³-hybridized carbons (Fsp3) is 0.500. The molecule has 1 spiro atoms. The van der Waals surface area contributed by atoms with Gasteiger partial charge in [0.15, 0.2) is 0 Å². The zero-order valence-electron chi connectivity index (χ0n) is 11.9. The molecule has 0 aromatic heterocycles. The van der Waals surface area contributed by atoms with Crippen LogP contribution in [0.4, 0.5) is 4.39 Å². The largest absolute Gasteiger partial charge is 0.340 e. The number of carbonyl (C=O) groups is 2. The molecule has 0 radical (unpaired) electrons. The van der Waals surface area contributed by atoms with Gasteiger partial charge in [0.05, 0.1) is 6.54 Å². The summed E-state index contributed by atoms with van der Waals surface area (Å²) >= 11 is 0. The molecule has 2 aliphatic rings. The number of carbonyl (C=O) groups excluding carboxylic acids is 2. The number of rotatable bonds is 2. The highest BCUT2D eigenvalue weighted by molar-refractivity contribution is 5.98. The smallest absolute Gasteiger partial charge is 0.249 e. The Labute approximate surface area is 123 Å². The highest BCUT2D eigenvalue weighted by Gasteiger charge is 2.46. The van der Waals surface area contributed by atoms with Gasteiger partial charge < -0.3 is 10.2 Å². The maximum absolute atomic E-state index is 13.8. The Morgan fingerprint density at radius 2 is 1.86 bits per heavy atom. The van der Waals surface area contributed by atoms with Crippen molar-refractivity contribution in [2.24, 2.45) is 0 Å². The quantitative estimate of drug-likeness (QED) is 0.905. The second kappa shape index (κ2) is 5.47. The van der Waals surface area contributed by atoms with Gasteiger partial charge in [-0.1, -0.05) is 37.5 Å². The van der Waals surface area contributed by atoms with Crippen LogP contribution in [0, 0.1) is 5.82 Å². The lowest BCUT2D eigenvalue weighted by Gasteiger charge is -2.44. The highest BCUT2D eigenvalue weighted by Crippen LogP contribution is 2.32. The lowest BCUT2D eigenvalue weighted by molar-refractivity contribution is -0.152. The Bertz CT molecular complexity index is 567. The van der Waals surface area contributed by atoms with Crippen LogP contribution in [0.2, 0.25) is 0 Å². The van der Waals surface area contributed by atoms with E-state index in [-0.39, 0.29) is 30.7 Å². The molecule has 1 aliphatic heterocycles. The molecule has 1 aromatic carbocycles. The van der Waals surface area contributed by atoms with Crippen LogP contribution in [0.1, 0.15) is 37.7 Å². The predicted octanol–water partition coefficient (Wildman–Crippen LogP) is 1.99. The van der Waals surface area contributed by atoms with E-state index in [2.05, 4.69) is 5.32 Å². The average molecular weight is 290 g/mol. The summed E-state index contributed by atoms with van der Waals surface area (Å²) < 4.78 is 13.8. The second-order valence-corrected chi connectivity index (χ2v) is 5.94. The minimum atomic E-state index is -0.751. The summed E-state index contributed by atoms with van der Waals surface area (Å²) in [5, 5.41) is 2.89. The van der Waals surface area contributed by atoms with Crippen molar-refractivity contribution in [3.8, 4) is 0 Å². The van der Waals surface area contributed by atoms with E-state index in [1.165, 1.54) is 11.0 Å². The molecule has 112 valence electrons. The minimum absolute atomic E-state index is 0.00885. The van der Waals surface area contributed by atoms with Gasteiger partial charge in [0, 0.05) is 12.1 Å². The van der Waals surface area contributed by atoms with Crippen LogP contribution in [0.25, 0.3) is 0 Å². The summed E-state index contributed by atoms with van der Waals surface area (Å²) in [5.41, 5.74) is -0.301. The van der Waals surface area contributed by atoms with E-state index >= 15 is 0 Å². The van der Waals surface area contributed by atoms with Gasteiger partial charge in [0.1, 0.15) is 11.4 Å². The van der Waals surface area contributed by atoms with Gasteiger partial charge in [0.2, 0.25) is 11.8 Å². The Kier molecular flexibility index (Phi) is 3.66. The first-order valence-corrected chi connectivity index (χ1v) is 7.44. The van der Waals surface area contributed by atoms with Crippen LogP contribution in [0.3, 0.4) is 0 Å². The molecule has 1 saturated carbocycles. The van der Waals surface area contributed by atoms with Crippen LogP contribution in [-0.4, -0.2) is 28.8 Å². The number of hydrogen-bond acceptors (Lipinski definition) is 2. The van der Waals surface area contributed by atoms with E-state index in [0.29, 0.717) is 18.4 Å². The average Bonchev–Trinajstić information content (AvgIpc) is 2.47. The molecule has 21 heavy (non-hydrogen) atoms. The molecular formula is C16H19FN2O2. The molecule has 0 bridgehead atoms. The molecule has 1 saturated heterocycles. The van der Waals surface area contributed by atoms with Crippen molar-refractivity contribution in [2.75, 3.05) is 6.54 Å². The highest BCUT2D eigenvalue weighted by atomic mass is 19.1. The van der Waals surface area contributed by atoms with E-state index in [1.807, 2.05) is 0 Å². The number of hydrogen-bond donors (Lipinski definition) is 1. The molecular weight excluding hydrogens is 271 g/mol. The number of benzene rings is 1. The summed E-state index contributed by atoms with van der Waals surface area (Å²) in [7, 11) is 0. The van der Waals surface area contributed by atoms with Gasteiger partial charge in [-0.3, -0.25) is 9.59 Å². The monoisotopic (exact) mass is 290 g/mol. The van der Waals surface area contributed by atoms with Crippen LogP contribution in [0.15, 0.2) is 24.3 Å². The van der Waals surface area contributed by atoms with Crippen molar-refractivity contribution in [3.05, 3.63) is 35.6 Å². The van der Waals surface area contributed by atoms with E-state index in [0.717, 1.165) is 19.3 Å². The molecule has 5 heteroatoms. The molecule has 4 nitrogen and oxygen atoms in total. The Hall–Kier alpha value is -1.91. The third-order valence-electron chi connectivity index (χ3n) is 4.44. The normalized spacial score (nSPS) is 21.5. The summed E-state index contributed by atoms with van der Waals surface area (Å²) in [4.78, 5) is 26.2. The zero-order chi connectivity index (χ0) is 14.9. The van der Waals surface area contributed by atoms with Gasteiger partial charge >= 0.3 is 0 Å². The zero-order valence-corrected chi connectivity index (χ0v) is 11.9. The first-order chi connectivity index (χ1) is 10.1. The lowest BCUT2D eigenvalue weighted by atomic mass is 9.79. The number of amides is 2. The van der Waals surface area contributed by atoms with Crippen molar-refractivity contribution in [1.29, 1.82) is 0 Å². The van der Waals surface area contributed by atoms with Gasteiger partial charge in [-0.25, -0.2) is 4.39 Å². The standard InChI is InChI=1S/C16H19FN2O2/c17-13-7-3-2-6-12(13)10-19-11-14(20)18-16(15(19)21)8-4-1-5-9-16/h2-3,6-7H,1,4-5,8-11H2,(H,18,20). The fourth-order valence-corrected chi connectivity index (χ4v) is 3.36. The van der Waals surface area contributed by atoms with E-state index < -0.39 is 5.54 Å². The maximum Gasteiger partial charge on any atom is 0.249 e. The third kappa shape index (κ3) is 2.64. The second-order valence-electron chi connectivity index (χ2n) is 5.94. The maximum atomic E-state index is 13.8. The van der Waals surface area contributed by atoms with Crippen LogP contribution in [0.5, 0.6) is 0 Å². The van der Waals surface area contributed by atoms with E-state index in [4.69, 9.17) is 0 Å². The number of nitrogens with one attached hydrogen (secondary N) is 1. The van der Waals surface area contributed by atoms with E-state index in [1.54, 1.807) is 18.2 Å². The molecule has 2 amide bonds. The van der Waals surface area contributed by atoms with Crippen LogP contribution in [-0.2, 0) is 16.1 Å². The lowest BCUT2D eigenvalue weighted by Crippen LogP contribution is -2.66. The van der Waals surface area contributed by atoms with Gasteiger partial charge in [-0.15, -0.1) is 0 Å². The Morgan fingerprint density at radius 3 is 2.57 bits per heavy atom. The van der Waals surface area contributed by atoms with Gasteiger partial charge in [-0.05, 0) is 18.9 Å². The first-order valence-electron chi connectivity index (χ1n) is 7.44. The predicted molar refractivity (Wildman–Crippen MR) is 75.8 cm³/mol. The topological polar surface area (TPSA) is 49.4 Å². The Balaban J connectivity index is 1.83. The molecule has 1 aromatic rings. The third-order valence-corrected chi connectivity index (χ3v) is 4.44. The van der Waals surface area contributed by atoms with Crippen molar-refractivity contribution < 1.29 is 14.0 Å². The van der Waals surface area contributed by atoms with Crippen molar-refractivity contribution >= 4 is 11.8 Å². The number of nitrogens with zero attached hydrogens (tertiary/aromatic N) is 1. The van der Waals surface area contributed by atoms with Gasteiger partial charge in [0.25, 0.3) is 0 Å². The fourth-order valence-electron chi connectivity index (χ4n) is 3.36. The Morgan fingerprint density at radius 1 is 1.14 bits per heavy atom. The summed E-state index contributed by atoms with van der Waals surface area (Å²) in [6, 6.07) is 6.39. The van der Waals surface area contributed by atoms with Gasteiger partial charge in [-0.2, -0.15) is 0 Å². The number of piperazine rings is 1. The molecule has 2 fully saturated rings. The molecule has 0 atom stereocenters. The summed E-state index contributed by atoms with van der Waals surface area (Å²) in [6.07, 6.45) is 4.36. The minimum Gasteiger partial charge on any atom is -0.340 e. The van der Waals surface area contributed by atoms with E-state index in [9.17, 15) is 14.0 Å². The molecule has 1 heterocycles. The van der Waals surface area contributed by atoms with Crippen molar-refractivity contribution in [2.45, 2.75) is 44.2 Å². The first kappa shape index (κ1) is 14.0. The number of halogens is 1. The molecule has 1 N–H and O–H groups in total. The van der Waals surface area contributed by atoms with Crippen molar-refractivity contribution in [1.82, 2.24) is 10.2 Å². The van der Waals surface area contributed by atoms with Crippen LogP contribution < -0.4 is 5.32 Å². The summed E-state index contributed by atoms with van der Waals surface area (Å²) in [5.74, 6) is -0.549.